The van der Waals surface area contributed by atoms with Crippen molar-refractivity contribution in [1.29, 1.82) is 0 Å². The summed E-state index contributed by atoms with van der Waals surface area (Å²) in [6.45, 7) is 0. The number of amides is 1. The molecule has 0 saturated carbocycles. The minimum Gasteiger partial charge on any atom is -0.373 e. The number of hydrogen-bond donors (Lipinski definition) is 2. The fourth-order valence-corrected chi connectivity index (χ4v) is 2.81. The highest BCUT2D eigenvalue weighted by atomic mass is 79.9. The maximum absolute atomic E-state index is 12.3. The van der Waals surface area contributed by atoms with Gasteiger partial charge in [-0.05, 0) is 39.7 Å². The molecule has 3 rings (SSSR count). The van der Waals surface area contributed by atoms with Crippen LogP contribution in [-0.4, -0.2) is 11.9 Å². The number of benzene rings is 2. The van der Waals surface area contributed by atoms with Gasteiger partial charge >= 0.3 is 0 Å². The van der Waals surface area contributed by atoms with Crippen LogP contribution in [0.15, 0.2) is 46.9 Å². The normalized spacial score (nSPS) is 16.4. The lowest BCUT2D eigenvalue weighted by Crippen LogP contribution is -2.32. The summed E-state index contributed by atoms with van der Waals surface area (Å²) in [6, 6.07) is 13.1. The van der Waals surface area contributed by atoms with Crippen LogP contribution in [-0.2, 0) is 11.2 Å². The summed E-state index contributed by atoms with van der Waals surface area (Å²) in [5.41, 5.74) is 2.87. The van der Waals surface area contributed by atoms with E-state index >= 15 is 0 Å². The van der Waals surface area contributed by atoms with Gasteiger partial charge in [0, 0.05) is 12.1 Å². The van der Waals surface area contributed by atoms with Gasteiger partial charge in [-0.15, -0.1) is 0 Å². The molecule has 2 aromatic rings. The minimum absolute atomic E-state index is 0.0656. The molecule has 2 aromatic carbocycles. The number of carbonyl (C=O) groups excluding carboxylic acids is 1. The topological polar surface area (TPSA) is 41.1 Å². The number of nitrogens with one attached hydrogen (secondary N) is 2. The number of fused-ring (bicyclic) bond motifs is 1. The number of rotatable bonds is 2. The van der Waals surface area contributed by atoms with Crippen molar-refractivity contribution in [3.63, 3.8) is 0 Å². The molecule has 1 aliphatic heterocycles. The van der Waals surface area contributed by atoms with Gasteiger partial charge in [0.15, 0.2) is 0 Å². The third kappa shape index (κ3) is 2.53. The van der Waals surface area contributed by atoms with Crippen LogP contribution in [0.4, 0.5) is 11.4 Å². The molecule has 1 heterocycles. The quantitative estimate of drug-likeness (QED) is 0.856. The summed E-state index contributed by atoms with van der Waals surface area (Å²) in [5, 5.41) is 6.70. The predicted octanol–water partition coefficient (Wildman–Crippen LogP) is 4.08. The molecule has 0 bridgehead atoms. The first kappa shape index (κ1) is 13.5. The van der Waals surface area contributed by atoms with Gasteiger partial charge in [0.1, 0.15) is 6.04 Å². The molecule has 1 atom stereocenters. The van der Waals surface area contributed by atoms with E-state index < -0.39 is 0 Å². The highest BCUT2D eigenvalue weighted by molar-refractivity contribution is 9.10. The van der Waals surface area contributed by atoms with Crippen LogP contribution in [0, 0.1) is 0 Å². The van der Waals surface area contributed by atoms with E-state index in [1.54, 1.807) is 12.1 Å². The van der Waals surface area contributed by atoms with Crippen molar-refractivity contribution in [3.05, 3.63) is 57.5 Å². The van der Waals surface area contributed by atoms with Crippen molar-refractivity contribution in [3.8, 4) is 0 Å². The summed E-state index contributed by atoms with van der Waals surface area (Å²) >= 11 is 9.39. The van der Waals surface area contributed by atoms with E-state index in [2.05, 4.69) is 26.6 Å². The zero-order valence-corrected chi connectivity index (χ0v) is 12.8. The molecule has 102 valence electrons. The minimum atomic E-state index is -0.252. The van der Waals surface area contributed by atoms with Crippen LogP contribution < -0.4 is 10.6 Å². The third-order valence-corrected chi connectivity index (χ3v) is 4.69. The summed E-state index contributed by atoms with van der Waals surface area (Å²) < 4.78 is 0.700. The summed E-state index contributed by atoms with van der Waals surface area (Å²) in [6.07, 6.45) is 0.695. The first-order valence-corrected chi connectivity index (χ1v) is 7.41. The molecule has 0 saturated heterocycles. The number of para-hydroxylation sites is 1. The van der Waals surface area contributed by atoms with E-state index in [4.69, 9.17) is 11.6 Å². The van der Waals surface area contributed by atoms with Gasteiger partial charge < -0.3 is 10.6 Å². The second-order valence-corrected chi connectivity index (χ2v) is 5.85. The van der Waals surface area contributed by atoms with E-state index in [0.29, 0.717) is 21.6 Å². The van der Waals surface area contributed by atoms with Crippen molar-refractivity contribution < 1.29 is 4.79 Å². The number of hydrogen-bond acceptors (Lipinski definition) is 2. The monoisotopic (exact) mass is 350 g/mol. The average Bonchev–Trinajstić information content (AvgIpc) is 2.88. The molecule has 5 heteroatoms. The zero-order chi connectivity index (χ0) is 14.1. The molecule has 1 aliphatic rings. The molecule has 20 heavy (non-hydrogen) atoms. The van der Waals surface area contributed by atoms with E-state index in [-0.39, 0.29) is 11.9 Å². The Morgan fingerprint density at radius 2 is 2.05 bits per heavy atom. The van der Waals surface area contributed by atoms with Crippen LogP contribution in [0.3, 0.4) is 0 Å². The second-order valence-electron chi connectivity index (χ2n) is 4.65. The SMILES string of the molecule is O=C(Nc1cccc(Cl)c1Br)C1Cc2ccccc2N1. The van der Waals surface area contributed by atoms with Gasteiger partial charge in [0.25, 0.3) is 0 Å². The standard InChI is InChI=1S/C15H12BrClN2O/c16-14-10(17)5-3-7-12(14)19-15(20)13-8-9-4-1-2-6-11(9)18-13/h1-7,13,18H,8H2,(H,19,20). The Bertz CT molecular complexity index is 650. The Balaban J connectivity index is 1.74. The molecule has 2 N–H and O–H groups in total. The summed E-state index contributed by atoms with van der Waals surface area (Å²) in [5.74, 6) is -0.0656. The van der Waals surface area contributed by atoms with E-state index in [1.165, 1.54) is 0 Å². The van der Waals surface area contributed by atoms with Crippen LogP contribution in [0.25, 0.3) is 0 Å². The Hall–Kier alpha value is -1.52. The average molecular weight is 352 g/mol. The lowest BCUT2D eigenvalue weighted by Gasteiger charge is -2.13. The second kappa shape index (κ2) is 5.46. The van der Waals surface area contributed by atoms with Crippen molar-refractivity contribution >= 4 is 44.8 Å². The summed E-state index contributed by atoms with van der Waals surface area (Å²) in [4.78, 5) is 12.3. The number of anilines is 2. The van der Waals surface area contributed by atoms with Crippen molar-refractivity contribution in [1.82, 2.24) is 0 Å². The molecule has 1 unspecified atom stereocenters. The Labute approximate surface area is 130 Å². The lowest BCUT2D eigenvalue weighted by molar-refractivity contribution is -0.116. The van der Waals surface area contributed by atoms with Crippen LogP contribution in [0.5, 0.6) is 0 Å². The van der Waals surface area contributed by atoms with E-state index in [0.717, 1.165) is 11.3 Å². The maximum atomic E-state index is 12.3. The smallest absolute Gasteiger partial charge is 0.247 e. The van der Waals surface area contributed by atoms with Gasteiger partial charge in [-0.25, -0.2) is 0 Å². The molecular formula is C15H12BrClN2O. The third-order valence-electron chi connectivity index (χ3n) is 3.30. The summed E-state index contributed by atoms with van der Waals surface area (Å²) in [7, 11) is 0. The van der Waals surface area contributed by atoms with Gasteiger partial charge in [-0.3, -0.25) is 4.79 Å². The van der Waals surface area contributed by atoms with Crippen molar-refractivity contribution in [2.24, 2.45) is 0 Å². The predicted molar refractivity (Wildman–Crippen MR) is 85.3 cm³/mol. The maximum Gasteiger partial charge on any atom is 0.247 e. The molecule has 3 nitrogen and oxygen atoms in total. The molecule has 1 amide bonds. The first-order valence-electron chi connectivity index (χ1n) is 6.24. The number of halogens is 2. The highest BCUT2D eigenvalue weighted by Gasteiger charge is 2.26. The van der Waals surface area contributed by atoms with Crippen molar-refractivity contribution in [2.45, 2.75) is 12.5 Å². The van der Waals surface area contributed by atoms with Gasteiger partial charge in [-0.1, -0.05) is 35.9 Å². The molecular weight excluding hydrogens is 340 g/mol. The Kier molecular flexibility index (Phi) is 3.68. The highest BCUT2D eigenvalue weighted by Crippen LogP contribution is 2.31. The van der Waals surface area contributed by atoms with E-state index in [9.17, 15) is 4.79 Å². The van der Waals surface area contributed by atoms with Gasteiger partial charge in [-0.2, -0.15) is 0 Å². The van der Waals surface area contributed by atoms with E-state index in [1.807, 2.05) is 30.3 Å². The van der Waals surface area contributed by atoms with Crippen LogP contribution in [0.1, 0.15) is 5.56 Å². The molecule has 0 fully saturated rings. The first-order chi connectivity index (χ1) is 9.65. The Morgan fingerprint density at radius 1 is 1.25 bits per heavy atom. The molecule has 0 aromatic heterocycles. The molecule has 0 radical (unpaired) electrons. The largest absolute Gasteiger partial charge is 0.373 e. The fraction of sp³-hybridized carbons (Fsp3) is 0.133. The Morgan fingerprint density at radius 3 is 2.85 bits per heavy atom. The lowest BCUT2D eigenvalue weighted by atomic mass is 10.1. The van der Waals surface area contributed by atoms with Crippen LogP contribution in [0.2, 0.25) is 5.02 Å². The van der Waals surface area contributed by atoms with Crippen LogP contribution >= 0.6 is 27.5 Å². The van der Waals surface area contributed by atoms with Crippen molar-refractivity contribution in [2.75, 3.05) is 10.6 Å². The molecule has 0 spiro atoms. The fourth-order valence-electron chi connectivity index (χ4n) is 2.28. The van der Waals surface area contributed by atoms with Gasteiger partial charge in [0.2, 0.25) is 5.91 Å². The van der Waals surface area contributed by atoms with Gasteiger partial charge in [0.05, 0.1) is 15.2 Å². The number of carbonyl (C=O) groups is 1. The zero-order valence-electron chi connectivity index (χ0n) is 10.5. The molecule has 0 aliphatic carbocycles.